The van der Waals surface area contributed by atoms with E-state index in [-0.39, 0.29) is 12.5 Å². The summed E-state index contributed by atoms with van der Waals surface area (Å²) in [6.45, 7) is 6.01. The Labute approximate surface area is 163 Å². The molecular weight excluding hydrogens is 356 g/mol. The average Bonchev–Trinajstić information content (AvgIpc) is 3.31. The van der Waals surface area contributed by atoms with Gasteiger partial charge in [0.25, 0.3) is 5.91 Å². The summed E-state index contributed by atoms with van der Waals surface area (Å²) in [7, 11) is 1.94. The molecule has 0 spiro atoms. The summed E-state index contributed by atoms with van der Waals surface area (Å²) >= 11 is 0. The number of fused-ring (bicyclic) bond motifs is 1. The number of benzene rings is 1. The molecular formula is C20H24N6O2. The molecule has 0 bridgehead atoms. The van der Waals surface area contributed by atoms with Crippen molar-refractivity contribution in [1.29, 1.82) is 0 Å². The Hall–Kier alpha value is -3.16. The molecule has 8 nitrogen and oxygen atoms in total. The van der Waals surface area contributed by atoms with Gasteiger partial charge in [-0.3, -0.25) is 9.48 Å². The molecule has 1 amide bonds. The highest BCUT2D eigenvalue weighted by molar-refractivity contribution is 5.78. The number of carbonyl (C=O) groups is 1. The van der Waals surface area contributed by atoms with Crippen LogP contribution in [0.25, 0.3) is 11.5 Å². The Morgan fingerprint density at radius 2 is 2.04 bits per heavy atom. The van der Waals surface area contributed by atoms with Gasteiger partial charge in [-0.05, 0) is 26.0 Å². The first-order chi connectivity index (χ1) is 13.6. The minimum absolute atomic E-state index is 0.0269. The van der Waals surface area contributed by atoms with Crippen molar-refractivity contribution in [3.05, 3.63) is 47.4 Å². The number of amides is 1. The van der Waals surface area contributed by atoms with Gasteiger partial charge in [-0.2, -0.15) is 5.10 Å². The summed E-state index contributed by atoms with van der Waals surface area (Å²) in [6, 6.07) is 7.71. The Morgan fingerprint density at radius 1 is 1.25 bits per heavy atom. The summed E-state index contributed by atoms with van der Waals surface area (Å²) in [5.41, 5.74) is 4.14. The number of aryl methyl sites for hydroxylation is 3. The second-order valence-corrected chi connectivity index (χ2v) is 7.01. The van der Waals surface area contributed by atoms with Crippen molar-refractivity contribution < 1.29 is 9.53 Å². The lowest BCUT2D eigenvalue weighted by Gasteiger charge is -2.27. The van der Waals surface area contributed by atoms with Crippen molar-refractivity contribution >= 4 is 5.91 Å². The second kappa shape index (κ2) is 7.46. The molecule has 2 aromatic heterocycles. The quantitative estimate of drug-likeness (QED) is 0.676. The van der Waals surface area contributed by atoms with E-state index in [2.05, 4.69) is 15.3 Å². The normalized spacial score (nSPS) is 13.5. The van der Waals surface area contributed by atoms with Crippen LogP contribution in [0.1, 0.15) is 23.7 Å². The van der Waals surface area contributed by atoms with E-state index in [1.54, 1.807) is 6.33 Å². The van der Waals surface area contributed by atoms with Crippen molar-refractivity contribution in [2.24, 2.45) is 7.05 Å². The van der Waals surface area contributed by atoms with E-state index in [9.17, 15) is 4.79 Å². The van der Waals surface area contributed by atoms with Gasteiger partial charge in [0.1, 0.15) is 17.8 Å². The van der Waals surface area contributed by atoms with Crippen molar-refractivity contribution in [3.8, 4) is 17.3 Å². The van der Waals surface area contributed by atoms with Gasteiger partial charge < -0.3 is 14.2 Å². The maximum absolute atomic E-state index is 12.7. The zero-order valence-corrected chi connectivity index (χ0v) is 16.4. The van der Waals surface area contributed by atoms with E-state index in [0.717, 1.165) is 41.3 Å². The van der Waals surface area contributed by atoms with Gasteiger partial charge in [-0.25, -0.2) is 0 Å². The van der Waals surface area contributed by atoms with Gasteiger partial charge in [-0.15, -0.1) is 10.2 Å². The molecule has 8 heteroatoms. The fourth-order valence-corrected chi connectivity index (χ4v) is 3.53. The molecule has 3 heterocycles. The SMILES string of the molecule is CCn1cnnc1-c1nn(C)c2c1CN(C(=O)COc1ccc(C)cc1)CC2. The molecule has 0 atom stereocenters. The molecule has 0 aliphatic carbocycles. The van der Waals surface area contributed by atoms with E-state index in [4.69, 9.17) is 4.74 Å². The third-order valence-corrected chi connectivity index (χ3v) is 5.15. The number of hydrogen-bond donors (Lipinski definition) is 0. The number of nitrogens with zero attached hydrogens (tertiary/aromatic N) is 6. The van der Waals surface area contributed by atoms with Crippen LogP contribution in [0.15, 0.2) is 30.6 Å². The van der Waals surface area contributed by atoms with Gasteiger partial charge >= 0.3 is 0 Å². The van der Waals surface area contributed by atoms with Gasteiger partial charge in [0, 0.05) is 44.4 Å². The predicted octanol–water partition coefficient (Wildman–Crippen LogP) is 1.97. The van der Waals surface area contributed by atoms with Crippen LogP contribution in [0.3, 0.4) is 0 Å². The summed E-state index contributed by atoms with van der Waals surface area (Å²) in [5.74, 6) is 1.41. The summed E-state index contributed by atoms with van der Waals surface area (Å²) in [6.07, 6.45) is 2.47. The molecule has 1 aliphatic heterocycles. The summed E-state index contributed by atoms with van der Waals surface area (Å²) in [5, 5.41) is 12.9. The first-order valence-corrected chi connectivity index (χ1v) is 9.47. The van der Waals surface area contributed by atoms with Crippen LogP contribution in [0.2, 0.25) is 0 Å². The minimum atomic E-state index is -0.0296. The van der Waals surface area contributed by atoms with Gasteiger partial charge in [0.05, 0.1) is 0 Å². The molecule has 28 heavy (non-hydrogen) atoms. The standard InChI is InChI=1S/C20H24N6O2/c1-4-25-13-21-22-20(25)19-16-11-26(10-9-17(16)24(3)23-19)18(27)12-28-15-7-5-14(2)6-8-15/h5-8,13H,4,9-12H2,1-3H3. The van der Waals surface area contributed by atoms with Crippen LogP contribution in [0.5, 0.6) is 5.75 Å². The van der Waals surface area contributed by atoms with E-state index < -0.39 is 0 Å². The Bertz CT molecular complexity index is 989. The molecule has 0 saturated heterocycles. The average molecular weight is 380 g/mol. The largest absolute Gasteiger partial charge is 0.484 e. The van der Waals surface area contributed by atoms with Crippen LogP contribution < -0.4 is 4.74 Å². The topological polar surface area (TPSA) is 78.1 Å². The third kappa shape index (κ3) is 3.37. The smallest absolute Gasteiger partial charge is 0.260 e. The molecule has 0 unspecified atom stereocenters. The number of rotatable bonds is 5. The third-order valence-electron chi connectivity index (χ3n) is 5.15. The number of aromatic nitrogens is 5. The van der Waals surface area contributed by atoms with Crippen molar-refractivity contribution in [1.82, 2.24) is 29.4 Å². The van der Waals surface area contributed by atoms with E-state index in [1.165, 1.54) is 0 Å². The number of hydrogen-bond acceptors (Lipinski definition) is 5. The van der Waals surface area contributed by atoms with E-state index in [1.807, 2.05) is 59.3 Å². The van der Waals surface area contributed by atoms with Crippen LogP contribution in [-0.2, 0) is 31.4 Å². The molecule has 0 N–H and O–H groups in total. The Kier molecular flexibility index (Phi) is 4.85. The zero-order valence-electron chi connectivity index (χ0n) is 16.4. The van der Waals surface area contributed by atoms with Crippen molar-refractivity contribution in [2.75, 3.05) is 13.2 Å². The molecule has 146 valence electrons. The van der Waals surface area contributed by atoms with Crippen LogP contribution in [0.4, 0.5) is 0 Å². The molecule has 1 aliphatic rings. The highest BCUT2D eigenvalue weighted by Crippen LogP contribution is 2.28. The monoisotopic (exact) mass is 380 g/mol. The minimum Gasteiger partial charge on any atom is -0.484 e. The van der Waals surface area contributed by atoms with Gasteiger partial charge in [0.15, 0.2) is 12.4 Å². The lowest BCUT2D eigenvalue weighted by molar-refractivity contribution is -0.134. The fraction of sp³-hybridized carbons (Fsp3) is 0.400. The van der Waals surface area contributed by atoms with E-state index in [0.29, 0.717) is 18.8 Å². The highest BCUT2D eigenvalue weighted by atomic mass is 16.5. The molecule has 3 aromatic rings. The van der Waals surface area contributed by atoms with Crippen molar-refractivity contribution in [3.63, 3.8) is 0 Å². The lowest BCUT2D eigenvalue weighted by atomic mass is 10.0. The Morgan fingerprint density at radius 3 is 2.79 bits per heavy atom. The maximum atomic E-state index is 12.7. The number of ether oxygens (including phenoxy) is 1. The van der Waals surface area contributed by atoms with Crippen LogP contribution in [-0.4, -0.2) is 48.5 Å². The summed E-state index contributed by atoms with van der Waals surface area (Å²) in [4.78, 5) is 14.5. The van der Waals surface area contributed by atoms with E-state index >= 15 is 0 Å². The maximum Gasteiger partial charge on any atom is 0.260 e. The highest BCUT2D eigenvalue weighted by Gasteiger charge is 2.29. The lowest BCUT2D eigenvalue weighted by Crippen LogP contribution is -2.39. The molecule has 1 aromatic carbocycles. The first-order valence-electron chi connectivity index (χ1n) is 9.47. The zero-order chi connectivity index (χ0) is 19.7. The van der Waals surface area contributed by atoms with Gasteiger partial charge in [-0.1, -0.05) is 17.7 Å². The number of carbonyl (C=O) groups excluding carboxylic acids is 1. The predicted molar refractivity (Wildman–Crippen MR) is 104 cm³/mol. The van der Waals surface area contributed by atoms with Crippen LogP contribution >= 0.6 is 0 Å². The van der Waals surface area contributed by atoms with Crippen LogP contribution in [0, 0.1) is 6.92 Å². The summed E-state index contributed by atoms with van der Waals surface area (Å²) < 4.78 is 9.52. The first kappa shape index (κ1) is 18.2. The molecule has 0 saturated carbocycles. The molecule has 4 rings (SSSR count). The molecule has 0 fully saturated rings. The fourth-order valence-electron chi connectivity index (χ4n) is 3.53. The van der Waals surface area contributed by atoms with Crippen molar-refractivity contribution in [2.45, 2.75) is 33.4 Å². The molecule has 0 radical (unpaired) electrons. The Balaban J connectivity index is 1.51. The van der Waals surface area contributed by atoms with Gasteiger partial charge in [0.2, 0.25) is 0 Å². The second-order valence-electron chi connectivity index (χ2n) is 7.01.